The largest absolute Gasteiger partial charge is 0.503 e. The Kier molecular flexibility index (Phi) is 5.44. The van der Waals surface area contributed by atoms with E-state index in [-0.39, 0.29) is 0 Å². The number of fused-ring (bicyclic) bond motifs is 3. The van der Waals surface area contributed by atoms with E-state index in [2.05, 4.69) is 34.9 Å². The quantitative estimate of drug-likeness (QED) is 0.360. The Hall–Kier alpha value is -2.66. The maximum absolute atomic E-state index is 12.3. The molecule has 4 rings (SSSR count). The van der Waals surface area contributed by atoms with Gasteiger partial charge in [0.2, 0.25) is 0 Å². The van der Waals surface area contributed by atoms with Crippen molar-refractivity contribution in [1.29, 1.82) is 0 Å². The first-order valence-corrected chi connectivity index (χ1v) is 10.5. The molecule has 0 fully saturated rings. The summed E-state index contributed by atoms with van der Waals surface area (Å²) in [5.74, 6) is 1.80. The molecule has 0 unspecified atom stereocenters. The Morgan fingerprint density at radius 3 is 2.75 bits per heavy atom. The van der Waals surface area contributed by atoms with E-state index in [9.17, 15) is 4.79 Å². The van der Waals surface area contributed by atoms with Gasteiger partial charge in [-0.15, -0.1) is 0 Å². The number of esters is 1. The molecule has 5 heteroatoms. The Labute approximate surface area is 169 Å². The molecule has 0 aliphatic carbocycles. The van der Waals surface area contributed by atoms with Crippen LogP contribution in [0.5, 0.6) is 0 Å². The highest BCUT2D eigenvalue weighted by Gasteiger charge is 2.22. The fourth-order valence-corrected chi connectivity index (χ4v) is 4.95. The van der Waals surface area contributed by atoms with Gasteiger partial charge in [-0.1, -0.05) is 42.5 Å². The van der Waals surface area contributed by atoms with Crippen LogP contribution in [-0.2, 0) is 33.0 Å². The molecule has 0 bridgehead atoms. The highest BCUT2D eigenvalue weighted by atomic mass is 32.2. The second-order valence-corrected chi connectivity index (χ2v) is 7.85. The SMILES string of the molecule is COC=C(C(=O)OC)c1ccccc1Cn1c2c(c3ccccc31)CSCC2. The van der Waals surface area contributed by atoms with Crippen molar-refractivity contribution in [2.24, 2.45) is 0 Å². The van der Waals surface area contributed by atoms with E-state index < -0.39 is 5.97 Å². The van der Waals surface area contributed by atoms with Crippen LogP contribution in [0.2, 0.25) is 0 Å². The number of aromatic nitrogens is 1. The van der Waals surface area contributed by atoms with Crippen molar-refractivity contribution >= 4 is 34.2 Å². The molecular weight excluding hydrogens is 370 g/mol. The van der Waals surface area contributed by atoms with E-state index in [0.29, 0.717) is 12.1 Å². The minimum atomic E-state index is -0.398. The lowest BCUT2D eigenvalue weighted by atomic mass is 10.00. The number of hydrogen-bond donors (Lipinski definition) is 0. The zero-order valence-corrected chi connectivity index (χ0v) is 16.9. The van der Waals surface area contributed by atoms with Crippen molar-refractivity contribution in [2.75, 3.05) is 20.0 Å². The van der Waals surface area contributed by atoms with Crippen LogP contribution in [0.3, 0.4) is 0 Å². The summed E-state index contributed by atoms with van der Waals surface area (Å²) >= 11 is 1.99. The van der Waals surface area contributed by atoms with Gasteiger partial charge >= 0.3 is 5.97 Å². The highest BCUT2D eigenvalue weighted by molar-refractivity contribution is 7.98. The Balaban J connectivity index is 1.84. The van der Waals surface area contributed by atoms with Gasteiger partial charge in [-0.05, 0) is 34.9 Å². The van der Waals surface area contributed by atoms with E-state index in [4.69, 9.17) is 9.47 Å². The topological polar surface area (TPSA) is 40.5 Å². The van der Waals surface area contributed by atoms with Gasteiger partial charge in [-0.2, -0.15) is 11.8 Å². The Bertz CT molecular complexity index is 1050. The summed E-state index contributed by atoms with van der Waals surface area (Å²) in [6.07, 6.45) is 2.53. The number of methoxy groups -OCH3 is 2. The van der Waals surface area contributed by atoms with E-state index in [1.54, 1.807) is 7.11 Å². The number of ether oxygens (including phenoxy) is 2. The molecule has 0 spiro atoms. The third-order valence-electron chi connectivity index (χ3n) is 5.20. The molecule has 0 radical (unpaired) electrons. The van der Waals surface area contributed by atoms with Crippen LogP contribution in [0, 0.1) is 0 Å². The molecule has 0 amide bonds. The monoisotopic (exact) mass is 393 g/mol. The maximum atomic E-state index is 12.3. The van der Waals surface area contributed by atoms with Crippen molar-refractivity contribution in [3.8, 4) is 0 Å². The molecule has 144 valence electrons. The number of carbonyl (C=O) groups is 1. The van der Waals surface area contributed by atoms with Crippen molar-refractivity contribution in [3.63, 3.8) is 0 Å². The minimum absolute atomic E-state index is 0.398. The van der Waals surface area contributed by atoms with Crippen LogP contribution in [0.4, 0.5) is 0 Å². The zero-order valence-electron chi connectivity index (χ0n) is 16.1. The first kappa shape index (κ1) is 18.7. The average Bonchev–Trinajstić information content (AvgIpc) is 3.06. The van der Waals surface area contributed by atoms with E-state index in [0.717, 1.165) is 29.1 Å². The number of thioether (sulfide) groups is 1. The van der Waals surface area contributed by atoms with Crippen LogP contribution >= 0.6 is 11.8 Å². The van der Waals surface area contributed by atoms with Gasteiger partial charge in [0.1, 0.15) is 5.57 Å². The molecule has 1 aliphatic heterocycles. The summed E-state index contributed by atoms with van der Waals surface area (Å²) in [7, 11) is 2.93. The van der Waals surface area contributed by atoms with Gasteiger partial charge in [-0.3, -0.25) is 0 Å². The summed E-state index contributed by atoms with van der Waals surface area (Å²) in [6.45, 7) is 0.703. The molecule has 28 heavy (non-hydrogen) atoms. The number of carbonyl (C=O) groups excluding carboxylic acids is 1. The lowest BCUT2D eigenvalue weighted by Gasteiger charge is -2.18. The van der Waals surface area contributed by atoms with Gasteiger partial charge < -0.3 is 14.0 Å². The molecule has 1 aliphatic rings. The van der Waals surface area contributed by atoms with Crippen molar-refractivity contribution < 1.29 is 14.3 Å². The molecular formula is C23H23NO3S. The number of hydrogen-bond acceptors (Lipinski definition) is 4. The van der Waals surface area contributed by atoms with Crippen LogP contribution in [0.1, 0.15) is 22.4 Å². The molecule has 0 saturated carbocycles. The lowest BCUT2D eigenvalue weighted by molar-refractivity contribution is -0.133. The molecule has 0 N–H and O–H groups in total. The van der Waals surface area contributed by atoms with Crippen molar-refractivity contribution in [3.05, 3.63) is 77.2 Å². The standard InChI is InChI=1S/C23H23NO3S/c1-26-14-19(23(25)27-2)17-8-4-3-7-16(17)13-24-21-10-6-5-9-18(21)20-15-28-12-11-22(20)24/h3-10,14H,11-13,15H2,1-2H3. The predicted molar refractivity (Wildman–Crippen MR) is 114 cm³/mol. The molecule has 2 heterocycles. The smallest absolute Gasteiger partial charge is 0.341 e. The van der Waals surface area contributed by atoms with Crippen LogP contribution < -0.4 is 0 Å². The number of nitrogens with zero attached hydrogens (tertiary/aromatic N) is 1. The first-order valence-electron chi connectivity index (χ1n) is 9.31. The second kappa shape index (κ2) is 8.15. The van der Waals surface area contributed by atoms with E-state index in [1.165, 1.54) is 35.5 Å². The van der Waals surface area contributed by atoms with Crippen LogP contribution in [-0.4, -0.2) is 30.5 Å². The van der Waals surface area contributed by atoms with Gasteiger partial charge in [0.05, 0.1) is 20.5 Å². The Morgan fingerprint density at radius 2 is 1.93 bits per heavy atom. The predicted octanol–water partition coefficient (Wildman–Crippen LogP) is 4.64. The number of benzene rings is 2. The van der Waals surface area contributed by atoms with Gasteiger partial charge in [0.15, 0.2) is 0 Å². The molecule has 2 aromatic carbocycles. The Morgan fingerprint density at radius 1 is 1.14 bits per heavy atom. The molecule has 1 aromatic heterocycles. The van der Waals surface area contributed by atoms with Gasteiger partial charge in [0.25, 0.3) is 0 Å². The van der Waals surface area contributed by atoms with Crippen molar-refractivity contribution in [1.82, 2.24) is 4.57 Å². The molecule has 0 atom stereocenters. The van der Waals surface area contributed by atoms with E-state index >= 15 is 0 Å². The summed E-state index contributed by atoms with van der Waals surface area (Å²) < 4.78 is 12.5. The minimum Gasteiger partial charge on any atom is -0.503 e. The molecule has 4 nitrogen and oxygen atoms in total. The highest BCUT2D eigenvalue weighted by Crippen LogP contribution is 2.35. The normalized spacial score (nSPS) is 14.0. The number of para-hydroxylation sites is 1. The second-order valence-electron chi connectivity index (χ2n) is 6.75. The molecule has 0 saturated heterocycles. The first-order chi connectivity index (χ1) is 13.7. The summed E-state index contributed by atoms with van der Waals surface area (Å²) in [4.78, 5) is 12.3. The summed E-state index contributed by atoms with van der Waals surface area (Å²) in [6, 6.07) is 16.6. The van der Waals surface area contributed by atoms with Crippen LogP contribution in [0.15, 0.2) is 54.8 Å². The fraction of sp³-hybridized carbons (Fsp3) is 0.261. The van der Waals surface area contributed by atoms with Gasteiger partial charge in [0, 0.05) is 28.9 Å². The number of rotatable bonds is 5. The average molecular weight is 394 g/mol. The third-order valence-corrected chi connectivity index (χ3v) is 6.19. The van der Waals surface area contributed by atoms with E-state index in [1.807, 2.05) is 30.0 Å². The third kappa shape index (κ3) is 3.31. The zero-order chi connectivity index (χ0) is 19.5. The summed E-state index contributed by atoms with van der Waals surface area (Å²) in [5, 5.41) is 1.34. The lowest BCUT2D eigenvalue weighted by Crippen LogP contribution is -2.12. The summed E-state index contributed by atoms with van der Waals surface area (Å²) in [5.41, 5.74) is 6.45. The van der Waals surface area contributed by atoms with Gasteiger partial charge in [-0.25, -0.2) is 4.79 Å². The fourth-order valence-electron chi connectivity index (χ4n) is 3.94. The maximum Gasteiger partial charge on any atom is 0.341 e. The van der Waals surface area contributed by atoms with Crippen LogP contribution in [0.25, 0.3) is 16.5 Å². The van der Waals surface area contributed by atoms with Crippen molar-refractivity contribution in [2.45, 2.75) is 18.7 Å². The molecule has 3 aromatic rings.